The molecular weight excluding hydrogens is 158 g/mol. The molecule has 5 heteroatoms. The van der Waals surface area contributed by atoms with E-state index in [1.807, 2.05) is 0 Å². The quantitative estimate of drug-likeness (QED) is 0.668. The molecule has 0 amide bonds. The molecule has 0 saturated heterocycles. The molecule has 1 rings (SSSR count). The van der Waals surface area contributed by atoms with E-state index in [0.29, 0.717) is 12.2 Å². The Labute approximate surface area is 69.8 Å². The normalized spacial score (nSPS) is 10.1. The number of hydrogen-bond donors (Lipinski definition) is 2. The van der Waals surface area contributed by atoms with E-state index in [2.05, 4.69) is 5.10 Å². The van der Waals surface area contributed by atoms with Gasteiger partial charge in [-0.15, -0.1) is 0 Å². The standard InChI is InChI=1S/C7H11N3O2/c1-10-7(8)5(4-9-10)2-3-6(11)12/h4H,2-3,8H2,1H3,(H,11,12). The van der Waals surface area contributed by atoms with Gasteiger partial charge in [0.05, 0.1) is 6.20 Å². The predicted octanol–water partition coefficient (Wildman–Crippen LogP) is 0.0195. The van der Waals surface area contributed by atoms with Crippen LogP contribution in [0.4, 0.5) is 5.82 Å². The van der Waals surface area contributed by atoms with Crippen molar-refractivity contribution < 1.29 is 9.90 Å². The van der Waals surface area contributed by atoms with Crippen molar-refractivity contribution in [3.05, 3.63) is 11.8 Å². The molecule has 12 heavy (non-hydrogen) atoms. The van der Waals surface area contributed by atoms with Gasteiger partial charge in [-0.2, -0.15) is 5.10 Å². The Morgan fingerprint density at radius 2 is 2.50 bits per heavy atom. The molecule has 0 aliphatic heterocycles. The highest BCUT2D eigenvalue weighted by Crippen LogP contribution is 2.11. The highest BCUT2D eigenvalue weighted by Gasteiger charge is 2.05. The topological polar surface area (TPSA) is 81.1 Å². The van der Waals surface area contributed by atoms with Gasteiger partial charge in [-0.25, -0.2) is 0 Å². The number of hydrogen-bond acceptors (Lipinski definition) is 3. The Hall–Kier alpha value is -1.52. The average Bonchev–Trinajstić information content (AvgIpc) is 2.30. The van der Waals surface area contributed by atoms with Gasteiger partial charge in [-0.3, -0.25) is 9.48 Å². The molecule has 1 aromatic rings. The van der Waals surface area contributed by atoms with Gasteiger partial charge in [0.25, 0.3) is 0 Å². The number of rotatable bonds is 3. The van der Waals surface area contributed by atoms with Crippen LogP contribution in [0.5, 0.6) is 0 Å². The van der Waals surface area contributed by atoms with Crippen molar-refractivity contribution in [2.45, 2.75) is 12.8 Å². The number of carboxylic acids is 1. The summed E-state index contributed by atoms with van der Waals surface area (Å²) in [6.45, 7) is 0. The van der Waals surface area contributed by atoms with E-state index in [-0.39, 0.29) is 6.42 Å². The van der Waals surface area contributed by atoms with Crippen molar-refractivity contribution in [1.29, 1.82) is 0 Å². The number of nitrogens with zero attached hydrogens (tertiary/aromatic N) is 2. The molecular formula is C7H11N3O2. The van der Waals surface area contributed by atoms with Crippen LogP contribution in [0.1, 0.15) is 12.0 Å². The van der Waals surface area contributed by atoms with E-state index in [0.717, 1.165) is 5.56 Å². The maximum Gasteiger partial charge on any atom is 0.303 e. The monoisotopic (exact) mass is 169 g/mol. The first-order valence-electron chi connectivity index (χ1n) is 3.59. The van der Waals surface area contributed by atoms with E-state index in [1.165, 1.54) is 4.68 Å². The number of nitrogen functional groups attached to an aromatic ring is 1. The molecule has 0 bridgehead atoms. The highest BCUT2D eigenvalue weighted by molar-refractivity contribution is 5.67. The maximum absolute atomic E-state index is 10.2. The van der Waals surface area contributed by atoms with Crippen LogP contribution in [0.2, 0.25) is 0 Å². The summed E-state index contributed by atoms with van der Waals surface area (Å²) in [5, 5.41) is 12.3. The van der Waals surface area contributed by atoms with E-state index >= 15 is 0 Å². The predicted molar refractivity (Wildman–Crippen MR) is 43.6 cm³/mol. The van der Waals surface area contributed by atoms with Gasteiger partial charge >= 0.3 is 5.97 Å². The molecule has 1 aromatic heterocycles. The van der Waals surface area contributed by atoms with Crippen LogP contribution in [0, 0.1) is 0 Å². The van der Waals surface area contributed by atoms with Crippen molar-refractivity contribution in [1.82, 2.24) is 9.78 Å². The molecule has 0 unspecified atom stereocenters. The van der Waals surface area contributed by atoms with Crippen LogP contribution in [-0.2, 0) is 18.3 Å². The number of aryl methyl sites for hydroxylation is 2. The van der Waals surface area contributed by atoms with Crippen LogP contribution >= 0.6 is 0 Å². The number of anilines is 1. The van der Waals surface area contributed by atoms with Gasteiger partial charge in [0.1, 0.15) is 5.82 Å². The molecule has 0 aromatic carbocycles. The third-order valence-corrected chi connectivity index (χ3v) is 1.67. The van der Waals surface area contributed by atoms with Gasteiger partial charge in [-0.1, -0.05) is 0 Å². The molecule has 1 heterocycles. The Morgan fingerprint density at radius 3 is 2.92 bits per heavy atom. The Morgan fingerprint density at radius 1 is 1.83 bits per heavy atom. The first kappa shape index (κ1) is 8.58. The summed E-state index contributed by atoms with van der Waals surface area (Å²) in [7, 11) is 1.72. The number of aliphatic carboxylic acids is 1. The van der Waals surface area contributed by atoms with Crippen molar-refractivity contribution in [3.63, 3.8) is 0 Å². The van der Waals surface area contributed by atoms with Gasteiger partial charge in [0.15, 0.2) is 0 Å². The molecule has 66 valence electrons. The molecule has 0 saturated carbocycles. The van der Waals surface area contributed by atoms with Gasteiger partial charge < -0.3 is 10.8 Å². The third kappa shape index (κ3) is 1.75. The van der Waals surface area contributed by atoms with Crippen LogP contribution < -0.4 is 5.73 Å². The zero-order valence-electron chi connectivity index (χ0n) is 6.82. The van der Waals surface area contributed by atoms with Crippen LogP contribution in [-0.4, -0.2) is 20.9 Å². The van der Waals surface area contributed by atoms with Gasteiger partial charge in [-0.05, 0) is 6.42 Å². The fraction of sp³-hybridized carbons (Fsp3) is 0.429. The summed E-state index contributed by atoms with van der Waals surface area (Å²) >= 11 is 0. The lowest BCUT2D eigenvalue weighted by Crippen LogP contribution is -2.02. The molecule has 0 spiro atoms. The molecule has 0 radical (unpaired) electrons. The van der Waals surface area contributed by atoms with Gasteiger partial charge in [0.2, 0.25) is 0 Å². The van der Waals surface area contributed by atoms with Crippen LogP contribution in [0.25, 0.3) is 0 Å². The second kappa shape index (κ2) is 3.25. The summed E-state index contributed by atoms with van der Waals surface area (Å²) < 4.78 is 1.52. The van der Waals surface area contributed by atoms with Crippen molar-refractivity contribution in [2.75, 3.05) is 5.73 Å². The fourth-order valence-electron chi connectivity index (χ4n) is 0.927. The number of aromatic nitrogens is 2. The van der Waals surface area contributed by atoms with Crippen molar-refractivity contribution >= 4 is 11.8 Å². The summed E-state index contributed by atoms with van der Waals surface area (Å²) in [6.07, 6.45) is 2.13. The average molecular weight is 169 g/mol. The molecule has 0 aliphatic rings. The summed E-state index contributed by atoms with van der Waals surface area (Å²) in [5.41, 5.74) is 6.39. The summed E-state index contributed by atoms with van der Waals surface area (Å²) in [6, 6.07) is 0. The van der Waals surface area contributed by atoms with Crippen molar-refractivity contribution in [3.8, 4) is 0 Å². The van der Waals surface area contributed by atoms with E-state index in [4.69, 9.17) is 10.8 Å². The maximum atomic E-state index is 10.2. The largest absolute Gasteiger partial charge is 0.481 e. The van der Waals surface area contributed by atoms with E-state index < -0.39 is 5.97 Å². The van der Waals surface area contributed by atoms with Gasteiger partial charge in [0, 0.05) is 19.0 Å². The first-order chi connectivity index (χ1) is 5.61. The van der Waals surface area contributed by atoms with Crippen LogP contribution in [0.3, 0.4) is 0 Å². The minimum Gasteiger partial charge on any atom is -0.481 e. The highest BCUT2D eigenvalue weighted by atomic mass is 16.4. The molecule has 0 atom stereocenters. The zero-order valence-corrected chi connectivity index (χ0v) is 6.82. The Balaban J connectivity index is 2.63. The number of carboxylic acid groups (broad SMARTS) is 1. The number of carbonyl (C=O) groups is 1. The smallest absolute Gasteiger partial charge is 0.303 e. The van der Waals surface area contributed by atoms with E-state index in [9.17, 15) is 4.79 Å². The first-order valence-corrected chi connectivity index (χ1v) is 3.59. The Bertz CT molecular complexity index is 293. The third-order valence-electron chi connectivity index (χ3n) is 1.67. The molecule has 3 N–H and O–H groups in total. The zero-order chi connectivity index (χ0) is 9.14. The molecule has 5 nitrogen and oxygen atoms in total. The molecule has 0 aliphatic carbocycles. The number of nitrogens with two attached hydrogens (primary N) is 1. The lowest BCUT2D eigenvalue weighted by molar-refractivity contribution is -0.136. The minimum absolute atomic E-state index is 0.0931. The summed E-state index contributed by atoms with van der Waals surface area (Å²) in [5.74, 6) is -0.283. The SMILES string of the molecule is Cn1ncc(CCC(=O)O)c1N. The van der Waals surface area contributed by atoms with Crippen LogP contribution in [0.15, 0.2) is 6.20 Å². The summed E-state index contributed by atoms with van der Waals surface area (Å²) in [4.78, 5) is 10.2. The van der Waals surface area contributed by atoms with E-state index in [1.54, 1.807) is 13.2 Å². The second-order valence-electron chi connectivity index (χ2n) is 2.57. The lowest BCUT2D eigenvalue weighted by atomic mass is 10.2. The minimum atomic E-state index is -0.821. The second-order valence-corrected chi connectivity index (χ2v) is 2.57. The van der Waals surface area contributed by atoms with Crippen molar-refractivity contribution in [2.24, 2.45) is 7.05 Å². The molecule has 0 fully saturated rings. The fourth-order valence-corrected chi connectivity index (χ4v) is 0.927. The Kier molecular flexibility index (Phi) is 2.32. The lowest BCUT2D eigenvalue weighted by Gasteiger charge is -1.96.